The first kappa shape index (κ1) is 25.1. The number of rotatable bonds is 9. The lowest BCUT2D eigenvalue weighted by molar-refractivity contribution is -0.143. The minimum Gasteiger partial charge on any atom is -0.490 e. The van der Waals surface area contributed by atoms with Crippen molar-refractivity contribution in [3.8, 4) is 5.75 Å². The number of halogens is 2. The van der Waals surface area contributed by atoms with Crippen LogP contribution < -0.4 is 10.1 Å². The number of ether oxygens (including phenoxy) is 1. The number of nitrogens with one attached hydrogen (secondary N) is 1. The Morgan fingerprint density at radius 1 is 1.03 bits per heavy atom. The molecule has 2 aromatic carbocycles. The van der Waals surface area contributed by atoms with Crippen LogP contribution >= 0.6 is 23.2 Å². The Hall–Kier alpha value is -2.57. The van der Waals surface area contributed by atoms with Crippen LogP contribution in [-0.2, 0) is 4.79 Å². The normalized spacial score (nSPS) is 17.9. The van der Waals surface area contributed by atoms with Crippen LogP contribution in [0.15, 0.2) is 36.4 Å². The van der Waals surface area contributed by atoms with Crippen molar-refractivity contribution in [3.63, 3.8) is 0 Å². The van der Waals surface area contributed by atoms with Crippen molar-refractivity contribution in [1.82, 2.24) is 5.32 Å². The fraction of sp³-hybridized carbons (Fsp3) is 0.400. The smallest absolute Gasteiger partial charge is 0.306 e. The summed E-state index contributed by atoms with van der Waals surface area (Å²) < 4.78 is 5.94. The summed E-state index contributed by atoms with van der Waals surface area (Å²) in [5.41, 5.74) is 1.77. The lowest BCUT2D eigenvalue weighted by Gasteiger charge is -2.26. The van der Waals surface area contributed by atoms with Crippen molar-refractivity contribution < 1.29 is 24.2 Å². The van der Waals surface area contributed by atoms with Crippen molar-refractivity contribution in [1.29, 1.82) is 0 Å². The quantitative estimate of drug-likeness (QED) is 0.345. The molecule has 176 valence electrons. The number of benzene rings is 2. The van der Waals surface area contributed by atoms with Crippen LogP contribution in [0.3, 0.4) is 0 Å². The van der Waals surface area contributed by atoms with Crippen molar-refractivity contribution in [2.75, 3.05) is 6.54 Å². The van der Waals surface area contributed by atoms with Gasteiger partial charge in [0.1, 0.15) is 5.75 Å². The third-order valence-corrected chi connectivity index (χ3v) is 6.59. The van der Waals surface area contributed by atoms with E-state index < -0.39 is 5.97 Å². The van der Waals surface area contributed by atoms with Gasteiger partial charge in [0.2, 0.25) is 0 Å². The molecule has 1 saturated carbocycles. The van der Waals surface area contributed by atoms with Gasteiger partial charge < -0.3 is 15.2 Å². The highest BCUT2D eigenvalue weighted by Crippen LogP contribution is 2.30. The maximum absolute atomic E-state index is 12.6. The molecule has 0 atom stereocenters. The highest BCUT2D eigenvalue weighted by Gasteiger charge is 2.27. The van der Waals surface area contributed by atoms with E-state index in [1.807, 2.05) is 6.92 Å². The average Bonchev–Trinajstić information content (AvgIpc) is 2.78. The Kier molecular flexibility index (Phi) is 8.75. The molecule has 1 amide bonds. The molecule has 0 radical (unpaired) electrons. The van der Waals surface area contributed by atoms with Gasteiger partial charge in [-0.1, -0.05) is 23.2 Å². The van der Waals surface area contributed by atoms with Gasteiger partial charge in [0.15, 0.2) is 5.78 Å². The summed E-state index contributed by atoms with van der Waals surface area (Å²) in [7, 11) is 0. The van der Waals surface area contributed by atoms with E-state index in [1.54, 1.807) is 36.4 Å². The molecule has 1 aliphatic carbocycles. The van der Waals surface area contributed by atoms with E-state index in [1.165, 1.54) is 0 Å². The van der Waals surface area contributed by atoms with E-state index in [2.05, 4.69) is 5.32 Å². The second kappa shape index (κ2) is 11.5. The molecular weight excluding hydrogens is 465 g/mol. The van der Waals surface area contributed by atoms with Crippen LogP contribution in [0.25, 0.3) is 0 Å². The first-order valence-electron chi connectivity index (χ1n) is 11.0. The number of aliphatic carboxylic acids is 1. The Labute approximate surface area is 203 Å². The predicted octanol–water partition coefficient (Wildman–Crippen LogP) is 5.72. The average molecular weight is 492 g/mol. The van der Waals surface area contributed by atoms with Gasteiger partial charge in [0.05, 0.1) is 17.0 Å². The minimum atomic E-state index is -0.751. The number of carboxylic acid groups (broad SMARTS) is 1. The molecule has 33 heavy (non-hydrogen) atoms. The van der Waals surface area contributed by atoms with Crippen LogP contribution in [0, 0.1) is 12.8 Å². The molecule has 0 spiro atoms. The van der Waals surface area contributed by atoms with Gasteiger partial charge in [-0.3, -0.25) is 14.4 Å². The van der Waals surface area contributed by atoms with Crippen molar-refractivity contribution in [3.05, 3.63) is 63.1 Å². The number of hydrogen-bond donors (Lipinski definition) is 2. The summed E-state index contributed by atoms with van der Waals surface area (Å²) in [5, 5.41) is 12.8. The number of carboxylic acids is 1. The first-order chi connectivity index (χ1) is 15.7. The molecule has 3 rings (SSSR count). The van der Waals surface area contributed by atoms with E-state index in [9.17, 15) is 14.4 Å². The molecular formula is C25H27Cl2NO5. The first-order valence-corrected chi connectivity index (χ1v) is 11.8. The van der Waals surface area contributed by atoms with Gasteiger partial charge in [-0.25, -0.2) is 0 Å². The SMILES string of the molecule is Cc1cc(C(=O)NCCCC(=O)c2ccc(OC3CCC(C(=O)O)CC3)cc2Cl)ccc1Cl. The number of hydrogen-bond acceptors (Lipinski definition) is 4. The van der Waals surface area contributed by atoms with Gasteiger partial charge >= 0.3 is 5.97 Å². The Morgan fingerprint density at radius 2 is 1.76 bits per heavy atom. The van der Waals surface area contributed by atoms with E-state index in [0.717, 1.165) is 5.56 Å². The number of ketones is 1. The molecule has 0 aromatic heterocycles. The van der Waals surface area contributed by atoms with Gasteiger partial charge in [-0.2, -0.15) is 0 Å². The number of aryl methyl sites for hydroxylation is 1. The fourth-order valence-electron chi connectivity index (χ4n) is 3.89. The Bertz CT molecular complexity index is 1030. The second-order valence-corrected chi connectivity index (χ2v) is 9.13. The van der Waals surface area contributed by atoms with Gasteiger partial charge in [-0.05, 0) is 81.0 Å². The lowest BCUT2D eigenvalue weighted by Crippen LogP contribution is -2.27. The maximum atomic E-state index is 12.6. The van der Waals surface area contributed by atoms with Crippen molar-refractivity contribution in [2.45, 2.75) is 51.6 Å². The molecule has 0 unspecified atom stereocenters. The second-order valence-electron chi connectivity index (χ2n) is 8.32. The lowest BCUT2D eigenvalue weighted by atomic mass is 9.87. The Balaban J connectivity index is 1.45. The third-order valence-electron chi connectivity index (χ3n) is 5.85. The van der Waals surface area contributed by atoms with Crippen LogP contribution in [0.1, 0.15) is 64.8 Å². The fourth-order valence-corrected chi connectivity index (χ4v) is 4.28. The summed E-state index contributed by atoms with van der Waals surface area (Å²) >= 11 is 12.3. The summed E-state index contributed by atoms with van der Waals surface area (Å²) in [6, 6.07) is 10.1. The van der Waals surface area contributed by atoms with Crippen molar-refractivity contribution >= 4 is 40.9 Å². The van der Waals surface area contributed by atoms with Crippen molar-refractivity contribution in [2.24, 2.45) is 5.92 Å². The van der Waals surface area contributed by atoms with Crippen LogP contribution in [0.4, 0.5) is 0 Å². The number of carbonyl (C=O) groups is 3. The van der Waals surface area contributed by atoms with E-state index in [4.69, 9.17) is 33.0 Å². The molecule has 1 fully saturated rings. The van der Waals surface area contributed by atoms with E-state index in [0.29, 0.717) is 65.6 Å². The standard InChI is InChI=1S/C25H27Cl2NO5/c1-15-13-17(6-11-21(15)26)24(30)28-12-2-3-23(29)20-10-9-19(14-22(20)27)33-18-7-4-16(5-8-18)25(31)32/h6,9-11,13-14,16,18H,2-5,7-8,12H2,1H3,(H,28,30)(H,31,32). The van der Waals surface area contributed by atoms with E-state index >= 15 is 0 Å². The zero-order valence-electron chi connectivity index (χ0n) is 18.4. The molecule has 0 saturated heterocycles. The topological polar surface area (TPSA) is 92.7 Å². The highest BCUT2D eigenvalue weighted by atomic mass is 35.5. The van der Waals surface area contributed by atoms with Gasteiger partial charge in [0.25, 0.3) is 5.91 Å². The van der Waals surface area contributed by atoms with Crippen LogP contribution in [0.5, 0.6) is 5.75 Å². The zero-order valence-corrected chi connectivity index (χ0v) is 19.9. The number of carbonyl (C=O) groups excluding carboxylic acids is 2. The Morgan fingerprint density at radius 3 is 2.39 bits per heavy atom. The molecule has 0 heterocycles. The summed E-state index contributed by atoms with van der Waals surface area (Å²) in [6.07, 6.45) is 3.23. The van der Waals surface area contributed by atoms with Gasteiger partial charge in [0, 0.05) is 29.1 Å². The maximum Gasteiger partial charge on any atom is 0.306 e. The van der Waals surface area contributed by atoms with E-state index in [-0.39, 0.29) is 30.1 Å². The summed E-state index contributed by atoms with van der Waals surface area (Å²) in [4.78, 5) is 35.8. The number of Topliss-reactive ketones (excluding diaryl/α,β-unsaturated/α-hetero) is 1. The zero-order chi connectivity index (χ0) is 24.0. The molecule has 8 heteroatoms. The monoisotopic (exact) mass is 491 g/mol. The molecule has 6 nitrogen and oxygen atoms in total. The largest absolute Gasteiger partial charge is 0.490 e. The number of amides is 1. The minimum absolute atomic E-state index is 0.0498. The summed E-state index contributed by atoms with van der Waals surface area (Å²) in [5.74, 6) is -0.794. The summed E-state index contributed by atoms with van der Waals surface area (Å²) in [6.45, 7) is 2.20. The molecule has 2 aromatic rings. The van der Waals surface area contributed by atoms with Crippen LogP contribution in [0.2, 0.25) is 10.0 Å². The molecule has 0 aliphatic heterocycles. The molecule has 1 aliphatic rings. The third kappa shape index (κ3) is 6.95. The molecule has 2 N–H and O–H groups in total. The predicted molar refractivity (Wildman–Crippen MR) is 128 cm³/mol. The van der Waals surface area contributed by atoms with Gasteiger partial charge in [-0.15, -0.1) is 0 Å². The highest BCUT2D eigenvalue weighted by molar-refractivity contribution is 6.34. The van der Waals surface area contributed by atoms with Crippen LogP contribution in [-0.4, -0.2) is 35.4 Å². The molecule has 0 bridgehead atoms.